The first-order valence-corrected chi connectivity index (χ1v) is 5.06. The normalized spacial score (nSPS) is 28.9. The molecule has 80 valence electrons. The topological polar surface area (TPSA) is 30.5 Å². The van der Waals surface area contributed by atoms with Gasteiger partial charge in [0.1, 0.15) is 23.7 Å². The monoisotopic (exact) mass is 209 g/mol. The lowest BCUT2D eigenvalue weighted by Crippen LogP contribution is -2.52. The molecule has 1 atom stereocenters. The number of hydrogen-bond donors (Lipinski definition) is 1. The van der Waals surface area contributed by atoms with Gasteiger partial charge in [-0.1, -0.05) is 0 Å². The third kappa shape index (κ3) is 1.33. The van der Waals surface area contributed by atoms with Crippen LogP contribution in [0.2, 0.25) is 0 Å². The number of ether oxygens (including phenoxy) is 2. The molecule has 2 aliphatic rings. The molecule has 1 fully saturated rings. The van der Waals surface area contributed by atoms with Crippen LogP contribution in [0, 0.1) is 5.82 Å². The predicted molar refractivity (Wildman–Crippen MR) is 52.4 cm³/mol. The number of rotatable bonds is 0. The van der Waals surface area contributed by atoms with Crippen LogP contribution in [0.25, 0.3) is 0 Å². The van der Waals surface area contributed by atoms with Gasteiger partial charge in [0.2, 0.25) is 0 Å². The SMILES string of the molecule is Fc1ccc2c(c1)[C@]1(COCCN1)CO2. The molecule has 2 heterocycles. The second-order valence-electron chi connectivity index (χ2n) is 3.99. The van der Waals surface area contributed by atoms with Gasteiger partial charge >= 0.3 is 0 Å². The van der Waals surface area contributed by atoms with E-state index in [2.05, 4.69) is 5.32 Å². The Kier molecular flexibility index (Phi) is 1.94. The van der Waals surface area contributed by atoms with Crippen LogP contribution in [0.4, 0.5) is 4.39 Å². The van der Waals surface area contributed by atoms with E-state index in [4.69, 9.17) is 9.47 Å². The van der Waals surface area contributed by atoms with Crippen LogP contribution in [-0.4, -0.2) is 26.4 Å². The summed E-state index contributed by atoms with van der Waals surface area (Å²) >= 11 is 0. The minimum atomic E-state index is -0.338. The average Bonchev–Trinajstić information content (AvgIpc) is 2.59. The van der Waals surface area contributed by atoms with Crippen molar-refractivity contribution in [3.8, 4) is 5.75 Å². The first kappa shape index (κ1) is 9.12. The highest BCUT2D eigenvalue weighted by Gasteiger charge is 2.42. The summed E-state index contributed by atoms with van der Waals surface area (Å²) in [7, 11) is 0. The van der Waals surface area contributed by atoms with E-state index in [1.807, 2.05) is 0 Å². The quantitative estimate of drug-likeness (QED) is 0.692. The fraction of sp³-hybridized carbons (Fsp3) is 0.455. The highest BCUT2D eigenvalue weighted by Crippen LogP contribution is 2.38. The van der Waals surface area contributed by atoms with E-state index in [1.165, 1.54) is 12.1 Å². The molecule has 1 aromatic carbocycles. The number of benzene rings is 1. The van der Waals surface area contributed by atoms with E-state index >= 15 is 0 Å². The Morgan fingerprint density at radius 1 is 1.33 bits per heavy atom. The molecule has 1 N–H and O–H groups in total. The van der Waals surface area contributed by atoms with Crippen molar-refractivity contribution in [2.45, 2.75) is 5.54 Å². The average molecular weight is 209 g/mol. The van der Waals surface area contributed by atoms with Gasteiger partial charge in [-0.25, -0.2) is 4.39 Å². The van der Waals surface area contributed by atoms with E-state index in [0.717, 1.165) is 17.9 Å². The lowest BCUT2D eigenvalue weighted by molar-refractivity contribution is 0.0159. The minimum Gasteiger partial charge on any atom is -0.491 e. The molecule has 0 amide bonds. The predicted octanol–water partition coefficient (Wildman–Crippen LogP) is 1.03. The first-order valence-electron chi connectivity index (χ1n) is 5.06. The summed E-state index contributed by atoms with van der Waals surface area (Å²) in [6.07, 6.45) is 0. The largest absolute Gasteiger partial charge is 0.491 e. The van der Waals surface area contributed by atoms with Gasteiger partial charge in [0.25, 0.3) is 0 Å². The smallest absolute Gasteiger partial charge is 0.124 e. The summed E-state index contributed by atoms with van der Waals surface area (Å²) in [5.74, 6) is 0.528. The fourth-order valence-electron chi connectivity index (χ4n) is 2.21. The Bertz CT molecular complexity index is 383. The number of morpholine rings is 1. The van der Waals surface area contributed by atoms with Crippen LogP contribution in [0.15, 0.2) is 18.2 Å². The molecular weight excluding hydrogens is 197 g/mol. The zero-order valence-electron chi connectivity index (χ0n) is 8.25. The van der Waals surface area contributed by atoms with Crippen LogP contribution in [0.5, 0.6) is 5.75 Å². The summed E-state index contributed by atoms with van der Waals surface area (Å²) in [5, 5.41) is 3.36. The first-order chi connectivity index (χ1) is 7.30. The molecule has 0 aliphatic carbocycles. The summed E-state index contributed by atoms with van der Waals surface area (Å²) < 4.78 is 24.2. The van der Waals surface area contributed by atoms with E-state index in [9.17, 15) is 4.39 Å². The van der Waals surface area contributed by atoms with Crippen LogP contribution in [-0.2, 0) is 10.3 Å². The van der Waals surface area contributed by atoms with Gasteiger partial charge in [-0.3, -0.25) is 0 Å². The second kappa shape index (κ2) is 3.18. The zero-order valence-corrected chi connectivity index (χ0v) is 8.25. The summed E-state index contributed by atoms with van der Waals surface area (Å²) in [5.41, 5.74) is 0.539. The molecule has 15 heavy (non-hydrogen) atoms. The van der Waals surface area contributed by atoms with E-state index in [1.54, 1.807) is 6.07 Å². The van der Waals surface area contributed by atoms with Crippen molar-refractivity contribution >= 4 is 0 Å². The van der Waals surface area contributed by atoms with Crippen LogP contribution < -0.4 is 10.1 Å². The Hall–Kier alpha value is -1.13. The van der Waals surface area contributed by atoms with Crippen molar-refractivity contribution in [2.75, 3.05) is 26.4 Å². The molecule has 0 saturated carbocycles. The van der Waals surface area contributed by atoms with Gasteiger partial charge in [0.05, 0.1) is 13.2 Å². The highest BCUT2D eigenvalue weighted by atomic mass is 19.1. The number of fused-ring (bicyclic) bond motifs is 2. The Balaban J connectivity index is 2.05. The minimum absolute atomic E-state index is 0.231. The van der Waals surface area contributed by atoms with Crippen LogP contribution in [0.3, 0.4) is 0 Å². The molecule has 1 aromatic rings. The third-order valence-corrected chi connectivity index (χ3v) is 2.99. The molecule has 4 heteroatoms. The van der Waals surface area contributed by atoms with Crippen molar-refractivity contribution in [3.05, 3.63) is 29.6 Å². The van der Waals surface area contributed by atoms with Gasteiger partial charge in [-0.05, 0) is 18.2 Å². The molecule has 0 aromatic heterocycles. The van der Waals surface area contributed by atoms with Gasteiger partial charge in [0.15, 0.2) is 0 Å². The molecule has 1 saturated heterocycles. The summed E-state index contributed by atoms with van der Waals surface area (Å²) in [4.78, 5) is 0. The lowest BCUT2D eigenvalue weighted by atomic mass is 9.92. The Morgan fingerprint density at radius 2 is 2.27 bits per heavy atom. The Labute approximate surface area is 87.2 Å². The molecule has 1 spiro atoms. The lowest BCUT2D eigenvalue weighted by Gasteiger charge is -2.33. The molecule has 0 radical (unpaired) electrons. The van der Waals surface area contributed by atoms with Gasteiger partial charge in [-0.15, -0.1) is 0 Å². The van der Waals surface area contributed by atoms with Gasteiger partial charge < -0.3 is 14.8 Å². The summed E-state index contributed by atoms with van der Waals surface area (Å²) in [6.45, 7) is 2.54. The number of nitrogens with one attached hydrogen (secondary N) is 1. The molecule has 0 unspecified atom stereocenters. The highest BCUT2D eigenvalue weighted by molar-refractivity contribution is 5.43. The number of halogens is 1. The fourth-order valence-corrected chi connectivity index (χ4v) is 2.21. The van der Waals surface area contributed by atoms with Gasteiger partial charge in [-0.2, -0.15) is 0 Å². The maximum atomic E-state index is 13.2. The second-order valence-corrected chi connectivity index (χ2v) is 3.99. The van der Waals surface area contributed by atoms with Crippen LogP contribution in [0.1, 0.15) is 5.56 Å². The van der Waals surface area contributed by atoms with Crippen molar-refractivity contribution < 1.29 is 13.9 Å². The van der Waals surface area contributed by atoms with Crippen molar-refractivity contribution in [1.29, 1.82) is 0 Å². The number of hydrogen-bond acceptors (Lipinski definition) is 3. The van der Waals surface area contributed by atoms with E-state index < -0.39 is 0 Å². The standard InChI is InChI=1S/C11H12FNO2/c12-8-1-2-10-9(5-8)11(7-15-10)6-14-4-3-13-11/h1-2,5,13H,3-4,6-7H2/t11-/m0/s1. The van der Waals surface area contributed by atoms with E-state index in [0.29, 0.717) is 19.8 Å². The summed E-state index contributed by atoms with van der Waals surface area (Å²) in [6, 6.07) is 4.63. The Morgan fingerprint density at radius 3 is 3.07 bits per heavy atom. The molecular formula is C11H12FNO2. The molecule has 3 rings (SSSR count). The third-order valence-electron chi connectivity index (χ3n) is 2.99. The van der Waals surface area contributed by atoms with Crippen LogP contribution >= 0.6 is 0 Å². The molecule has 2 aliphatic heterocycles. The maximum Gasteiger partial charge on any atom is 0.124 e. The van der Waals surface area contributed by atoms with Crippen molar-refractivity contribution in [3.63, 3.8) is 0 Å². The van der Waals surface area contributed by atoms with Gasteiger partial charge in [0, 0.05) is 12.1 Å². The molecule has 3 nitrogen and oxygen atoms in total. The maximum absolute atomic E-state index is 13.2. The zero-order chi connectivity index (χ0) is 10.3. The van der Waals surface area contributed by atoms with E-state index in [-0.39, 0.29) is 11.4 Å². The molecule has 0 bridgehead atoms. The van der Waals surface area contributed by atoms with Crippen molar-refractivity contribution in [1.82, 2.24) is 5.32 Å². The van der Waals surface area contributed by atoms with Crippen molar-refractivity contribution in [2.24, 2.45) is 0 Å².